The number of carboxylic acids is 1. The van der Waals surface area contributed by atoms with Crippen molar-refractivity contribution in [1.82, 2.24) is 15.1 Å². The largest absolute Gasteiger partial charge is 0.481 e. The molecule has 1 amide bonds. The molecule has 3 rings (SSSR count). The van der Waals surface area contributed by atoms with Crippen molar-refractivity contribution in [2.45, 2.75) is 45.6 Å². The minimum Gasteiger partial charge on any atom is -0.481 e. The quantitative estimate of drug-likeness (QED) is 0.834. The summed E-state index contributed by atoms with van der Waals surface area (Å²) in [5.41, 5.74) is 1.55. The average molecular weight is 355 g/mol. The second-order valence-electron chi connectivity index (χ2n) is 7.12. The third-order valence-corrected chi connectivity index (χ3v) is 5.37. The summed E-state index contributed by atoms with van der Waals surface area (Å²) in [4.78, 5) is 24.3. The number of carboxylic acid groups (broad SMARTS) is 1. The number of rotatable bonds is 6. The van der Waals surface area contributed by atoms with E-state index in [0.717, 1.165) is 30.5 Å². The molecule has 1 fully saturated rings. The van der Waals surface area contributed by atoms with Crippen LogP contribution in [0.2, 0.25) is 0 Å². The fourth-order valence-corrected chi connectivity index (χ4v) is 3.62. The summed E-state index contributed by atoms with van der Waals surface area (Å²) >= 11 is 0. The van der Waals surface area contributed by atoms with Crippen LogP contribution in [0.25, 0.3) is 0 Å². The highest BCUT2D eigenvalue weighted by Gasteiger charge is 2.40. The number of amides is 1. The number of aromatic nitrogens is 2. The Hall–Kier alpha value is -2.63. The average Bonchev–Trinajstić information content (AvgIpc) is 3.02. The van der Waals surface area contributed by atoms with Crippen LogP contribution >= 0.6 is 0 Å². The number of nitrogens with one attached hydrogen (secondary N) is 1. The molecule has 2 aromatic rings. The van der Waals surface area contributed by atoms with E-state index in [1.165, 1.54) is 0 Å². The molecule has 138 valence electrons. The molecule has 0 bridgehead atoms. The summed E-state index contributed by atoms with van der Waals surface area (Å²) < 4.78 is 1.79. The van der Waals surface area contributed by atoms with Crippen molar-refractivity contribution in [2.75, 3.05) is 6.54 Å². The number of carbonyl (C=O) groups excluding carboxylic acids is 1. The van der Waals surface area contributed by atoms with E-state index >= 15 is 0 Å². The highest BCUT2D eigenvalue weighted by atomic mass is 16.4. The molecule has 2 N–H and O–H groups in total. The van der Waals surface area contributed by atoms with Crippen LogP contribution in [0, 0.1) is 12.3 Å². The van der Waals surface area contributed by atoms with Crippen molar-refractivity contribution in [3.63, 3.8) is 0 Å². The molecule has 1 aliphatic rings. The Morgan fingerprint density at radius 3 is 2.54 bits per heavy atom. The second kappa shape index (κ2) is 7.72. The van der Waals surface area contributed by atoms with Crippen LogP contribution < -0.4 is 5.32 Å². The van der Waals surface area contributed by atoms with Gasteiger partial charge in [0, 0.05) is 12.2 Å². The summed E-state index contributed by atoms with van der Waals surface area (Å²) in [6.07, 6.45) is 5.66. The minimum atomic E-state index is -0.832. The normalized spacial score (nSPS) is 16.2. The van der Waals surface area contributed by atoms with Gasteiger partial charge in [-0.25, -0.2) is 0 Å². The van der Waals surface area contributed by atoms with E-state index in [9.17, 15) is 14.7 Å². The van der Waals surface area contributed by atoms with Crippen molar-refractivity contribution in [3.8, 4) is 0 Å². The maximum absolute atomic E-state index is 12.6. The second-order valence-corrected chi connectivity index (χ2v) is 7.12. The van der Waals surface area contributed by atoms with Gasteiger partial charge in [-0.05, 0) is 25.3 Å². The smallest absolute Gasteiger partial charge is 0.311 e. The lowest BCUT2D eigenvalue weighted by molar-refractivity contribution is -0.150. The zero-order valence-corrected chi connectivity index (χ0v) is 15.1. The first-order valence-electron chi connectivity index (χ1n) is 9.10. The van der Waals surface area contributed by atoms with E-state index in [0.29, 0.717) is 24.9 Å². The molecule has 1 heterocycles. The molecule has 1 aromatic heterocycles. The standard InChI is InChI=1S/C20H25N3O3/c1-15-17(12-22-23(15)13-16-8-4-2-5-9-16)18(24)21-14-20(19(25)26)10-6-3-7-11-20/h2,4-5,8-9,12H,3,6-7,10-11,13-14H2,1H3,(H,21,24)(H,25,26). The van der Waals surface area contributed by atoms with Gasteiger partial charge in [-0.1, -0.05) is 49.6 Å². The van der Waals surface area contributed by atoms with Gasteiger partial charge in [0.25, 0.3) is 5.91 Å². The van der Waals surface area contributed by atoms with Crippen LogP contribution in [-0.4, -0.2) is 33.3 Å². The van der Waals surface area contributed by atoms with E-state index in [1.807, 2.05) is 37.3 Å². The lowest BCUT2D eigenvalue weighted by Crippen LogP contribution is -2.44. The number of hydrogen-bond donors (Lipinski definition) is 2. The Labute approximate surface area is 153 Å². The summed E-state index contributed by atoms with van der Waals surface area (Å²) in [6, 6.07) is 9.93. The maximum Gasteiger partial charge on any atom is 0.311 e. The van der Waals surface area contributed by atoms with Gasteiger partial charge in [0.1, 0.15) is 0 Å². The highest BCUT2D eigenvalue weighted by molar-refractivity contribution is 5.95. The van der Waals surface area contributed by atoms with Crippen molar-refractivity contribution < 1.29 is 14.7 Å². The van der Waals surface area contributed by atoms with Crippen molar-refractivity contribution in [1.29, 1.82) is 0 Å². The maximum atomic E-state index is 12.6. The van der Waals surface area contributed by atoms with Crippen molar-refractivity contribution >= 4 is 11.9 Å². The van der Waals surface area contributed by atoms with E-state index < -0.39 is 11.4 Å². The van der Waals surface area contributed by atoms with Crippen LogP contribution in [0.1, 0.15) is 53.7 Å². The molecule has 0 aliphatic heterocycles. The molecule has 0 radical (unpaired) electrons. The summed E-state index contributed by atoms with van der Waals surface area (Å²) in [6.45, 7) is 2.63. The van der Waals surface area contributed by atoms with Crippen LogP contribution in [0.4, 0.5) is 0 Å². The van der Waals surface area contributed by atoms with E-state index in [2.05, 4.69) is 10.4 Å². The zero-order valence-electron chi connectivity index (χ0n) is 15.1. The Morgan fingerprint density at radius 2 is 1.88 bits per heavy atom. The first-order valence-corrected chi connectivity index (χ1v) is 9.10. The van der Waals surface area contributed by atoms with Crippen molar-refractivity contribution in [3.05, 3.63) is 53.3 Å². The van der Waals surface area contributed by atoms with Crippen molar-refractivity contribution in [2.24, 2.45) is 5.41 Å². The number of benzene rings is 1. The molecule has 0 unspecified atom stereocenters. The molecule has 6 nitrogen and oxygen atoms in total. The summed E-state index contributed by atoms with van der Waals surface area (Å²) in [5, 5.41) is 16.8. The van der Waals surface area contributed by atoms with Crippen LogP contribution in [0.3, 0.4) is 0 Å². The molecule has 0 saturated heterocycles. The van der Waals surface area contributed by atoms with Gasteiger partial charge in [0.05, 0.1) is 23.7 Å². The highest BCUT2D eigenvalue weighted by Crippen LogP contribution is 2.36. The lowest BCUT2D eigenvalue weighted by Gasteiger charge is -2.33. The lowest BCUT2D eigenvalue weighted by atomic mass is 9.74. The van der Waals surface area contributed by atoms with Crippen LogP contribution in [0.15, 0.2) is 36.5 Å². The first-order chi connectivity index (χ1) is 12.5. The van der Waals surface area contributed by atoms with Gasteiger partial charge in [-0.15, -0.1) is 0 Å². The van der Waals surface area contributed by atoms with Crippen LogP contribution in [0.5, 0.6) is 0 Å². The van der Waals surface area contributed by atoms with Gasteiger partial charge in [-0.3, -0.25) is 14.3 Å². The monoisotopic (exact) mass is 355 g/mol. The Morgan fingerprint density at radius 1 is 1.19 bits per heavy atom. The molecular weight excluding hydrogens is 330 g/mol. The van der Waals surface area contributed by atoms with E-state index in [4.69, 9.17) is 0 Å². The minimum absolute atomic E-state index is 0.171. The van der Waals surface area contributed by atoms with E-state index in [1.54, 1.807) is 10.9 Å². The fourth-order valence-electron chi connectivity index (χ4n) is 3.62. The zero-order chi connectivity index (χ0) is 18.6. The molecule has 1 saturated carbocycles. The SMILES string of the molecule is Cc1c(C(=O)NCC2(C(=O)O)CCCCC2)cnn1Cc1ccccc1. The van der Waals surface area contributed by atoms with Gasteiger partial charge >= 0.3 is 5.97 Å². The Bertz CT molecular complexity index is 777. The van der Waals surface area contributed by atoms with Gasteiger partial charge < -0.3 is 10.4 Å². The fraction of sp³-hybridized carbons (Fsp3) is 0.450. The number of carbonyl (C=O) groups is 2. The van der Waals surface area contributed by atoms with Gasteiger partial charge in [-0.2, -0.15) is 5.10 Å². The number of hydrogen-bond acceptors (Lipinski definition) is 3. The first kappa shape index (κ1) is 18.2. The summed E-state index contributed by atoms with van der Waals surface area (Å²) in [7, 11) is 0. The molecular formula is C20H25N3O3. The predicted molar refractivity (Wildman–Crippen MR) is 98.0 cm³/mol. The van der Waals surface area contributed by atoms with Gasteiger partial charge in [0.15, 0.2) is 0 Å². The number of nitrogens with zero attached hydrogens (tertiary/aromatic N) is 2. The Balaban J connectivity index is 1.67. The summed E-state index contributed by atoms with van der Waals surface area (Å²) in [5.74, 6) is -1.07. The molecule has 1 aromatic carbocycles. The molecule has 0 spiro atoms. The van der Waals surface area contributed by atoms with Gasteiger partial charge in [0.2, 0.25) is 0 Å². The van der Waals surface area contributed by atoms with E-state index in [-0.39, 0.29) is 12.5 Å². The molecule has 26 heavy (non-hydrogen) atoms. The third-order valence-electron chi connectivity index (χ3n) is 5.37. The molecule has 0 atom stereocenters. The predicted octanol–water partition coefficient (Wildman–Crippen LogP) is 3.00. The van der Waals surface area contributed by atoms with Crippen LogP contribution in [-0.2, 0) is 11.3 Å². The topological polar surface area (TPSA) is 84.2 Å². The Kier molecular flexibility index (Phi) is 5.40. The molecule has 1 aliphatic carbocycles. The third kappa shape index (κ3) is 3.79. The number of aliphatic carboxylic acids is 1. The molecule has 6 heteroatoms.